The SMILES string of the molecule is COCc1c(CC(=O)O)nnn1CCO. The number of carboxylic acid groups (broad SMARTS) is 1. The van der Waals surface area contributed by atoms with Crippen LogP contribution in [0.15, 0.2) is 0 Å². The Labute approximate surface area is 86.3 Å². The Morgan fingerprint density at radius 1 is 1.60 bits per heavy atom. The number of nitrogens with zero attached hydrogens (tertiary/aromatic N) is 3. The van der Waals surface area contributed by atoms with E-state index in [2.05, 4.69) is 10.3 Å². The Morgan fingerprint density at radius 3 is 2.87 bits per heavy atom. The first-order valence-corrected chi connectivity index (χ1v) is 4.41. The third-order valence-electron chi connectivity index (χ3n) is 1.83. The summed E-state index contributed by atoms with van der Waals surface area (Å²) in [5.74, 6) is -0.969. The number of aromatic nitrogens is 3. The fraction of sp³-hybridized carbons (Fsp3) is 0.625. The standard InChI is InChI=1S/C8H13N3O4/c1-15-5-7-6(4-8(13)14)9-10-11(7)2-3-12/h12H,2-5H2,1H3,(H,13,14). The highest BCUT2D eigenvalue weighted by Gasteiger charge is 2.14. The smallest absolute Gasteiger partial charge is 0.309 e. The largest absolute Gasteiger partial charge is 0.481 e. The predicted molar refractivity (Wildman–Crippen MR) is 49.2 cm³/mol. The number of ether oxygens (including phenoxy) is 1. The lowest BCUT2D eigenvalue weighted by atomic mass is 10.2. The first-order valence-electron chi connectivity index (χ1n) is 4.41. The molecular formula is C8H13N3O4. The number of hydrogen-bond acceptors (Lipinski definition) is 5. The van der Waals surface area contributed by atoms with Gasteiger partial charge in [-0.25, -0.2) is 4.68 Å². The van der Waals surface area contributed by atoms with E-state index in [1.807, 2.05) is 0 Å². The molecule has 1 heterocycles. The van der Waals surface area contributed by atoms with Crippen LogP contribution in [0.2, 0.25) is 0 Å². The van der Waals surface area contributed by atoms with Crippen molar-refractivity contribution in [1.29, 1.82) is 0 Å². The maximum atomic E-state index is 10.5. The molecule has 0 saturated carbocycles. The van der Waals surface area contributed by atoms with Gasteiger partial charge < -0.3 is 14.9 Å². The number of carbonyl (C=O) groups is 1. The van der Waals surface area contributed by atoms with Crippen LogP contribution in [0.1, 0.15) is 11.4 Å². The average molecular weight is 215 g/mol. The van der Waals surface area contributed by atoms with Crippen molar-refractivity contribution in [3.05, 3.63) is 11.4 Å². The lowest BCUT2D eigenvalue weighted by Gasteiger charge is -2.04. The van der Waals surface area contributed by atoms with Crippen molar-refractivity contribution in [3.63, 3.8) is 0 Å². The van der Waals surface area contributed by atoms with Gasteiger partial charge in [-0.2, -0.15) is 0 Å². The molecule has 0 aliphatic rings. The molecule has 0 bridgehead atoms. The summed E-state index contributed by atoms with van der Waals surface area (Å²) in [6.45, 7) is 0.438. The monoisotopic (exact) mass is 215 g/mol. The van der Waals surface area contributed by atoms with Crippen molar-refractivity contribution in [2.45, 2.75) is 19.6 Å². The van der Waals surface area contributed by atoms with Gasteiger partial charge in [0.2, 0.25) is 0 Å². The molecule has 0 aliphatic carbocycles. The third-order valence-corrected chi connectivity index (χ3v) is 1.83. The van der Waals surface area contributed by atoms with E-state index in [0.29, 0.717) is 11.4 Å². The van der Waals surface area contributed by atoms with E-state index in [0.717, 1.165) is 0 Å². The topological polar surface area (TPSA) is 97.5 Å². The van der Waals surface area contributed by atoms with Crippen molar-refractivity contribution in [2.24, 2.45) is 0 Å². The summed E-state index contributed by atoms with van der Waals surface area (Å²) in [5.41, 5.74) is 0.965. The minimum atomic E-state index is -0.969. The van der Waals surface area contributed by atoms with E-state index in [-0.39, 0.29) is 26.2 Å². The fourth-order valence-electron chi connectivity index (χ4n) is 1.22. The Bertz CT molecular complexity index is 337. The average Bonchev–Trinajstić information content (AvgIpc) is 2.51. The van der Waals surface area contributed by atoms with Crippen molar-refractivity contribution < 1.29 is 19.7 Å². The van der Waals surface area contributed by atoms with Gasteiger partial charge in [0.25, 0.3) is 0 Å². The maximum Gasteiger partial charge on any atom is 0.309 e. The van der Waals surface area contributed by atoms with Crippen molar-refractivity contribution in [1.82, 2.24) is 15.0 Å². The summed E-state index contributed by atoms with van der Waals surface area (Å²) in [6.07, 6.45) is -0.190. The molecule has 7 nitrogen and oxygen atoms in total. The van der Waals surface area contributed by atoms with Crippen LogP contribution in [0.4, 0.5) is 0 Å². The van der Waals surface area contributed by atoms with Crippen molar-refractivity contribution in [3.8, 4) is 0 Å². The summed E-state index contributed by atoms with van der Waals surface area (Å²) in [7, 11) is 1.50. The summed E-state index contributed by atoms with van der Waals surface area (Å²) in [5, 5.41) is 24.9. The molecule has 15 heavy (non-hydrogen) atoms. The lowest BCUT2D eigenvalue weighted by Crippen LogP contribution is -2.11. The summed E-state index contributed by atoms with van der Waals surface area (Å²) >= 11 is 0. The highest BCUT2D eigenvalue weighted by atomic mass is 16.5. The van der Waals surface area contributed by atoms with Crippen LogP contribution < -0.4 is 0 Å². The van der Waals surface area contributed by atoms with Gasteiger partial charge in [0.15, 0.2) is 0 Å². The van der Waals surface area contributed by atoms with Gasteiger partial charge in [0, 0.05) is 7.11 Å². The van der Waals surface area contributed by atoms with Gasteiger partial charge in [0.05, 0.1) is 37.6 Å². The molecular weight excluding hydrogens is 202 g/mol. The van der Waals surface area contributed by atoms with E-state index in [9.17, 15) is 4.79 Å². The van der Waals surface area contributed by atoms with E-state index in [1.165, 1.54) is 11.8 Å². The second-order valence-electron chi connectivity index (χ2n) is 2.93. The molecule has 84 valence electrons. The van der Waals surface area contributed by atoms with Crippen LogP contribution >= 0.6 is 0 Å². The molecule has 0 saturated heterocycles. The van der Waals surface area contributed by atoms with E-state index < -0.39 is 5.97 Å². The van der Waals surface area contributed by atoms with E-state index >= 15 is 0 Å². The van der Waals surface area contributed by atoms with Gasteiger partial charge in [-0.1, -0.05) is 5.21 Å². The number of rotatable bonds is 6. The molecule has 0 fully saturated rings. The number of methoxy groups -OCH3 is 1. The van der Waals surface area contributed by atoms with Gasteiger partial charge in [-0.3, -0.25) is 4.79 Å². The quantitative estimate of drug-likeness (QED) is 0.634. The summed E-state index contributed by atoms with van der Waals surface area (Å²) in [4.78, 5) is 10.5. The zero-order valence-corrected chi connectivity index (χ0v) is 8.38. The Kier molecular flexibility index (Phi) is 4.19. The van der Waals surface area contributed by atoms with E-state index in [1.54, 1.807) is 0 Å². The first kappa shape index (κ1) is 11.6. The van der Waals surface area contributed by atoms with Crippen LogP contribution in [0.3, 0.4) is 0 Å². The predicted octanol–water partition coefficient (Wildman–Crippen LogP) is -0.956. The summed E-state index contributed by atoms with van der Waals surface area (Å²) in [6, 6.07) is 0. The molecule has 0 unspecified atom stereocenters. The third kappa shape index (κ3) is 3.00. The molecule has 1 aromatic heterocycles. The molecule has 1 aromatic rings. The number of hydrogen-bond donors (Lipinski definition) is 2. The Morgan fingerprint density at radius 2 is 2.33 bits per heavy atom. The highest BCUT2D eigenvalue weighted by molar-refractivity contribution is 5.69. The minimum Gasteiger partial charge on any atom is -0.481 e. The number of carboxylic acids is 1. The van der Waals surface area contributed by atoms with Crippen LogP contribution in [-0.2, 0) is 29.1 Å². The second-order valence-corrected chi connectivity index (χ2v) is 2.93. The maximum absolute atomic E-state index is 10.5. The van der Waals surface area contributed by atoms with Crippen LogP contribution in [-0.4, -0.2) is 44.9 Å². The highest BCUT2D eigenvalue weighted by Crippen LogP contribution is 2.07. The zero-order valence-electron chi connectivity index (χ0n) is 8.38. The molecule has 1 rings (SSSR count). The molecule has 0 aliphatic heterocycles. The van der Waals surface area contributed by atoms with E-state index in [4.69, 9.17) is 14.9 Å². The number of aliphatic hydroxyl groups is 1. The summed E-state index contributed by atoms with van der Waals surface area (Å²) < 4.78 is 6.37. The van der Waals surface area contributed by atoms with Crippen LogP contribution in [0.5, 0.6) is 0 Å². The molecule has 2 N–H and O–H groups in total. The van der Waals surface area contributed by atoms with Crippen LogP contribution in [0, 0.1) is 0 Å². The fourth-order valence-corrected chi connectivity index (χ4v) is 1.22. The Hall–Kier alpha value is -1.47. The van der Waals surface area contributed by atoms with Crippen molar-refractivity contribution >= 4 is 5.97 Å². The van der Waals surface area contributed by atoms with Gasteiger partial charge >= 0.3 is 5.97 Å². The second kappa shape index (κ2) is 5.42. The minimum absolute atomic E-state index is 0.0768. The molecule has 0 atom stereocenters. The van der Waals surface area contributed by atoms with Gasteiger partial charge in [-0.15, -0.1) is 5.10 Å². The Balaban J connectivity index is 2.89. The number of aliphatic hydroxyl groups excluding tert-OH is 1. The molecule has 0 aromatic carbocycles. The first-order chi connectivity index (χ1) is 7.19. The number of aliphatic carboxylic acids is 1. The molecule has 0 spiro atoms. The molecule has 0 amide bonds. The normalized spacial score (nSPS) is 10.5. The zero-order chi connectivity index (χ0) is 11.3. The van der Waals surface area contributed by atoms with Gasteiger partial charge in [-0.05, 0) is 0 Å². The van der Waals surface area contributed by atoms with Crippen molar-refractivity contribution in [2.75, 3.05) is 13.7 Å². The molecule has 0 radical (unpaired) electrons. The molecule has 7 heteroatoms. The van der Waals surface area contributed by atoms with Crippen LogP contribution in [0.25, 0.3) is 0 Å². The lowest BCUT2D eigenvalue weighted by molar-refractivity contribution is -0.136. The van der Waals surface area contributed by atoms with Gasteiger partial charge in [0.1, 0.15) is 0 Å².